The van der Waals surface area contributed by atoms with E-state index in [1.54, 1.807) is 31.5 Å². The van der Waals surface area contributed by atoms with Crippen LogP contribution in [0.4, 0.5) is 5.69 Å². The number of aliphatic hydroxyl groups excluding tert-OH is 1. The average molecular weight is 332 g/mol. The number of fused-ring (bicyclic) bond motifs is 1. The number of aromatic nitrogens is 1. The fraction of sp³-hybridized carbons (Fsp3) is 0.100. The Bertz CT molecular complexity index is 941. The highest BCUT2D eigenvalue weighted by Crippen LogP contribution is 2.42. The number of carbonyl (C=O) groups is 1. The van der Waals surface area contributed by atoms with Crippen molar-refractivity contribution in [3.63, 3.8) is 0 Å². The molecule has 1 unspecified atom stereocenters. The Hall–Kier alpha value is -3.18. The van der Waals surface area contributed by atoms with Crippen molar-refractivity contribution in [2.45, 2.75) is 6.23 Å². The lowest BCUT2D eigenvalue weighted by Gasteiger charge is -2.21. The van der Waals surface area contributed by atoms with Gasteiger partial charge in [0.1, 0.15) is 5.75 Å². The molecule has 3 aromatic rings. The topological polar surface area (TPSA) is 62.7 Å². The molecule has 1 amide bonds. The SMILES string of the molecule is COc1ccccc1-c1nccc2c1C(O)N(c1ccccc1)C2=O. The fourth-order valence-electron chi connectivity index (χ4n) is 3.19. The number of benzene rings is 2. The normalized spacial score (nSPS) is 16.0. The molecule has 5 heteroatoms. The predicted octanol–water partition coefficient (Wildman–Crippen LogP) is 3.41. The van der Waals surface area contributed by atoms with Crippen LogP contribution >= 0.6 is 0 Å². The van der Waals surface area contributed by atoms with E-state index in [-0.39, 0.29) is 5.91 Å². The first kappa shape index (κ1) is 15.4. The minimum atomic E-state index is -1.10. The van der Waals surface area contributed by atoms with E-state index in [1.165, 1.54) is 4.90 Å². The standard InChI is InChI=1S/C20H16N2O3/c1-25-16-10-6-5-9-14(16)18-17-15(11-12-21-18)19(23)22(20(17)24)13-7-3-2-4-8-13/h2-12,20,24H,1H3. The second-order valence-electron chi connectivity index (χ2n) is 5.71. The molecule has 2 aromatic carbocycles. The van der Waals surface area contributed by atoms with Crippen molar-refractivity contribution in [3.8, 4) is 17.0 Å². The maximum atomic E-state index is 12.9. The van der Waals surface area contributed by atoms with E-state index in [0.29, 0.717) is 28.3 Å². The molecule has 0 radical (unpaired) electrons. The molecule has 1 atom stereocenters. The summed E-state index contributed by atoms with van der Waals surface area (Å²) in [6, 6.07) is 18.2. The first-order chi connectivity index (χ1) is 12.2. The van der Waals surface area contributed by atoms with Crippen molar-refractivity contribution in [2.75, 3.05) is 12.0 Å². The summed E-state index contributed by atoms with van der Waals surface area (Å²) in [4.78, 5) is 18.7. The van der Waals surface area contributed by atoms with Gasteiger partial charge in [-0.1, -0.05) is 30.3 Å². The van der Waals surface area contributed by atoms with E-state index in [9.17, 15) is 9.90 Å². The number of rotatable bonds is 3. The van der Waals surface area contributed by atoms with Gasteiger partial charge in [0, 0.05) is 23.0 Å². The summed E-state index contributed by atoms with van der Waals surface area (Å²) in [5, 5.41) is 10.9. The molecule has 0 fully saturated rings. The van der Waals surface area contributed by atoms with Gasteiger partial charge in [-0.05, 0) is 30.3 Å². The molecule has 2 heterocycles. The summed E-state index contributed by atoms with van der Waals surface area (Å²) in [5.41, 5.74) is 2.88. The highest BCUT2D eigenvalue weighted by molar-refractivity contribution is 6.11. The van der Waals surface area contributed by atoms with Gasteiger partial charge in [-0.25, -0.2) is 0 Å². The largest absolute Gasteiger partial charge is 0.496 e. The molecule has 1 aliphatic heterocycles. The van der Waals surface area contributed by atoms with Crippen molar-refractivity contribution in [2.24, 2.45) is 0 Å². The van der Waals surface area contributed by atoms with Gasteiger partial charge in [-0.3, -0.25) is 14.7 Å². The van der Waals surface area contributed by atoms with Crippen LogP contribution in [-0.4, -0.2) is 23.1 Å². The maximum absolute atomic E-state index is 12.9. The minimum Gasteiger partial charge on any atom is -0.496 e. The summed E-state index contributed by atoms with van der Waals surface area (Å²) < 4.78 is 5.41. The Morgan fingerprint density at radius 3 is 2.48 bits per heavy atom. The molecule has 0 spiro atoms. The Balaban J connectivity index is 1.89. The molecule has 0 aliphatic carbocycles. The second-order valence-corrected chi connectivity index (χ2v) is 5.71. The zero-order chi connectivity index (χ0) is 17.4. The summed E-state index contributed by atoms with van der Waals surface area (Å²) in [6.45, 7) is 0. The highest BCUT2D eigenvalue weighted by Gasteiger charge is 2.39. The molecule has 5 nitrogen and oxygen atoms in total. The Kier molecular flexibility index (Phi) is 3.71. The van der Waals surface area contributed by atoms with Crippen molar-refractivity contribution < 1.29 is 14.6 Å². The number of nitrogens with zero attached hydrogens (tertiary/aromatic N) is 2. The van der Waals surface area contributed by atoms with Crippen molar-refractivity contribution in [3.05, 3.63) is 78.0 Å². The predicted molar refractivity (Wildman–Crippen MR) is 94.4 cm³/mol. The molecule has 0 saturated heterocycles. The Morgan fingerprint density at radius 1 is 1.00 bits per heavy atom. The monoisotopic (exact) mass is 332 g/mol. The number of amides is 1. The van der Waals surface area contributed by atoms with Gasteiger partial charge in [0.2, 0.25) is 0 Å². The number of anilines is 1. The number of para-hydroxylation sites is 2. The van der Waals surface area contributed by atoms with Crippen molar-refractivity contribution >= 4 is 11.6 Å². The summed E-state index contributed by atoms with van der Waals surface area (Å²) in [7, 11) is 1.58. The molecule has 1 aliphatic rings. The molecule has 124 valence electrons. The van der Waals surface area contributed by atoms with Crippen LogP contribution < -0.4 is 9.64 Å². The molecule has 1 aromatic heterocycles. The van der Waals surface area contributed by atoms with Crippen molar-refractivity contribution in [1.29, 1.82) is 0 Å². The van der Waals surface area contributed by atoms with Crippen LogP contribution in [0.15, 0.2) is 66.9 Å². The van der Waals surface area contributed by atoms with Crippen LogP contribution in [0.25, 0.3) is 11.3 Å². The van der Waals surface area contributed by atoms with Crippen LogP contribution in [0.5, 0.6) is 5.75 Å². The van der Waals surface area contributed by atoms with Gasteiger partial charge in [-0.15, -0.1) is 0 Å². The van der Waals surface area contributed by atoms with Crippen LogP contribution in [0.3, 0.4) is 0 Å². The lowest BCUT2D eigenvalue weighted by Crippen LogP contribution is -2.27. The fourth-order valence-corrected chi connectivity index (χ4v) is 3.19. The molecular formula is C20H16N2O3. The van der Waals surface area contributed by atoms with Crippen molar-refractivity contribution in [1.82, 2.24) is 4.98 Å². The maximum Gasteiger partial charge on any atom is 0.261 e. The second kappa shape index (κ2) is 6.03. The minimum absolute atomic E-state index is 0.243. The van der Waals surface area contributed by atoms with E-state index < -0.39 is 6.23 Å². The molecule has 1 N–H and O–H groups in total. The number of carbonyl (C=O) groups excluding carboxylic acids is 1. The van der Waals surface area contributed by atoms with E-state index in [1.807, 2.05) is 42.5 Å². The summed E-state index contributed by atoms with van der Waals surface area (Å²) in [6.07, 6.45) is 0.484. The number of aliphatic hydroxyl groups is 1. The quantitative estimate of drug-likeness (QED) is 0.798. The van der Waals surface area contributed by atoms with Gasteiger partial charge in [0.05, 0.1) is 18.4 Å². The number of hydrogen-bond donors (Lipinski definition) is 1. The van der Waals surface area contributed by atoms with Gasteiger partial charge in [0.25, 0.3) is 5.91 Å². The van der Waals surface area contributed by atoms with Crippen LogP contribution in [-0.2, 0) is 0 Å². The molecule has 0 saturated carbocycles. The average Bonchev–Trinajstić information content (AvgIpc) is 2.93. The third kappa shape index (κ3) is 2.37. The van der Waals surface area contributed by atoms with Gasteiger partial charge >= 0.3 is 0 Å². The zero-order valence-corrected chi connectivity index (χ0v) is 13.6. The van der Waals surface area contributed by atoms with Gasteiger partial charge in [0.15, 0.2) is 6.23 Å². The molecule has 4 rings (SSSR count). The number of pyridine rings is 1. The Morgan fingerprint density at radius 2 is 1.72 bits per heavy atom. The van der Waals surface area contributed by atoms with Crippen LogP contribution in [0, 0.1) is 0 Å². The van der Waals surface area contributed by atoms with Gasteiger partial charge in [-0.2, -0.15) is 0 Å². The van der Waals surface area contributed by atoms with Crippen LogP contribution in [0.1, 0.15) is 22.1 Å². The molecular weight excluding hydrogens is 316 g/mol. The number of hydrogen-bond acceptors (Lipinski definition) is 4. The number of ether oxygens (including phenoxy) is 1. The first-order valence-corrected chi connectivity index (χ1v) is 7.91. The van der Waals surface area contributed by atoms with E-state index in [2.05, 4.69) is 4.98 Å². The van der Waals surface area contributed by atoms with E-state index in [4.69, 9.17) is 4.74 Å². The van der Waals surface area contributed by atoms with Gasteiger partial charge < -0.3 is 9.84 Å². The molecule has 0 bridgehead atoms. The smallest absolute Gasteiger partial charge is 0.261 e. The zero-order valence-electron chi connectivity index (χ0n) is 13.6. The summed E-state index contributed by atoms with van der Waals surface area (Å²) in [5.74, 6) is 0.397. The first-order valence-electron chi connectivity index (χ1n) is 7.91. The lowest BCUT2D eigenvalue weighted by molar-refractivity contribution is 0.0935. The number of methoxy groups -OCH3 is 1. The Labute approximate surface area is 145 Å². The third-order valence-corrected chi connectivity index (χ3v) is 4.34. The summed E-state index contributed by atoms with van der Waals surface area (Å²) >= 11 is 0. The lowest BCUT2D eigenvalue weighted by atomic mass is 10.0. The van der Waals surface area contributed by atoms with E-state index >= 15 is 0 Å². The van der Waals surface area contributed by atoms with Crippen LogP contribution in [0.2, 0.25) is 0 Å². The third-order valence-electron chi connectivity index (χ3n) is 4.34. The highest BCUT2D eigenvalue weighted by atomic mass is 16.5. The van der Waals surface area contributed by atoms with E-state index in [0.717, 1.165) is 5.56 Å². The molecule has 25 heavy (non-hydrogen) atoms.